The van der Waals surface area contributed by atoms with Gasteiger partial charge in [-0.1, -0.05) is 67.1 Å². The van der Waals surface area contributed by atoms with Gasteiger partial charge in [0, 0.05) is 44.2 Å². The fourth-order valence-corrected chi connectivity index (χ4v) is 5.40. The second-order valence-corrected chi connectivity index (χ2v) is 11.7. The molecule has 3 aromatic carbocycles. The molecule has 0 saturated heterocycles. The molecule has 0 heterocycles. The summed E-state index contributed by atoms with van der Waals surface area (Å²) in [7, 11) is 1.75. The summed E-state index contributed by atoms with van der Waals surface area (Å²) in [5.74, 6) is -0.333. The van der Waals surface area contributed by atoms with E-state index in [4.69, 9.17) is 11.1 Å². The molecule has 1 aliphatic rings. The highest BCUT2D eigenvalue weighted by molar-refractivity contribution is 5.98. The number of hydrogen-bond acceptors (Lipinski definition) is 5. The SMILES string of the molecule is CC(CNC(=O)c1ccc2ccccc2c1)N[C@@H](CCCNC(=N)N)C(=O)N(C)C[C@@H](NC(=O)C1CCC1)c1ccccc1. The average molecular weight is 600 g/mol. The number of carbonyl (C=O) groups is 3. The summed E-state index contributed by atoms with van der Waals surface area (Å²) in [4.78, 5) is 41.3. The van der Waals surface area contributed by atoms with Crippen LogP contribution < -0.4 is 27.0 Å². The highest BCUT2D eigenvalue weighted by Gasteiger charge is 2.30. The van der Waals surface area contributed by atoms with Crippen LogP contribution in [0, 0.1) is 11.3 Å². The van der Waals surface area contributed by atoms with Gasteiger partial charge in [0.05, 0.1) is 12.1 Å². The molecule has 1 unspecified atom stereocenters. The number of guanidine groups is 1. The zero-order valence-electron chi connectivity index (χ0n) is 25.6. The topological polar surface area (TPSA) is 152 Å². The van der Waals surface area contributed by atoms with E-state index in [1.54, 1.807) is 11.9 Å². The second-order valence-electron chi connectivity index (χ2n) is 11.7. The third-order valence-electron chi connectivity index (χ3n) is 8.18. The number of likely N-dealkylation sites (N-methyl/N-ethyl adjacent to an activating group) is 1. The lowest BCUT2D eigenvalue weighted by atomic mass is 9.84. The number of fused-ring (bicyclic) bond motifs is 1. The third-order valence-corrected chi connectivity index (χ3v) is 8.18. The lowest BCUT2D eigenvalue weighted by Crippen LogP contribution is -2.52. The molecule has 0 aromatic heterocycles. The highest BCUT2D eigenvalue weighted by Crippen LogP contribution is 2.27. The number of nitrogens with two attached hydrogens (primary N) is 1. The van der Waals surface area contributed by atoms with E-state index in [2.05, 4.69) is 21.3 Å². The summed E-state index contributed by atoms with van der Waals surface area (Å²) < 4.78 is 0. The molecule has 1 fully saturated rings. The molecule has 7 N–H and O–H groups in total. The first-order valence-electron chi connectivity index (χ1n) is 15.4. The molecule has 10 heteroatoms. The fraction of sp³-hybridized carbons (Fsp3) is 0.412. The molecule has 234 valence electrons. The molecular weight excluding hydrogens is 554 g/mol. The van der Waals surface area contributed by atoms with E-state index in [0.29, 0.717) is 38.0 Å². The highest BCUT2D eigenvalue weighted by atomic mass is 16.2. The number of nitrogens with zero attached hydrogens (tertiary/aromatic N) is 1. The van der Waals surface area contributed by atoms with Crippen molar-refractivity contribution in [3.63, 3.8) is 0 Å². The van der Waals surface area contributed by atoms with Gasteiger partial charge in [0.25, 0.3) is 5.91 Å². The lowest BCUT2D eigenvalue weighted by molar-refractivity contribution is -0.134. The summed E-state index contributed by atoms with van der Waals surface area (Å²) in [6.07, 6.45) is 3.97. The van der Waals surface area contributed by atoms with Crippen LogP contribution in [0.25, 0.3) is 10.8 Å². The van der Waals surface area contributed by atoms with Crippen molar-refractivity contribution in [3.05, 3.63) is 83.9 Å². The van der Waals surface area contributed by atoms with E-state index in [1.165, 1.54) is 0 Å². The molecule has 3 aromatic rings. The Kier molecular flexibility index (Phi) is 11.7. The maximum atomic E-state index is 13.8. The number of carbonyl (C=O) groups excluding carboxylic acids is 3. The van der Waals surface area contributed by atoms with Crippen LogP contribution in [0.5, 0.6) is 0 Å². The third kappa shape index (κ3) is 9.28. The van der Waals surface area contributed by atoms with Crippen LogP contribution in [0.1, 0.15) is 61.0 Å². The van der Waals surface area contributed by atoms with Crippen molar-refractivity contribution in [1.82, 2.24) is 26.2 Å². The largest absolute Gasteiger partial charge is 0.370 e. The Morgan fingerprint density at radius 3 is 2.36 bits per heavy atom. The zero-order valence-corrected chi connectivity index (χ0v) is 25.6. The molecule has 1 aliphatic carbocycles. The zero-order chi connectivity index (χ0) is 31.5. The van der Waals surface area contributed by atoms with Crippen molar-refractivity contribution >= 4 is 34.5 Å². The summed E-state index contributed by atoms with van der Waals surface area (Å²) in [6.45, 7) is 3.04. The summed E-state index contributed by atoms with van der Waals surface area (Å²) in [6, 6.07) is 22.2. The predicted octanol–water partition coefficient (Wildman–Crippen LogP) is 3.30. The Bertz CT molecular complexity index is 1430. The van der Waals surface area contributed by atoms with Gasteiger partial charge >= 0.3 is 0 Å². The van der Waals surface area contributed by atoms with Crippen LogP contribution in [0.3, 0.4) is 0 Å². The van der Waals surface area contributed by atoms with E-state index in [9.17, 15) is 14.4 Å². The molecular formula is C34H45N7O3. The van der Waals surface area contributed by atoms with E-state index in [-0.39, 0.29) is 41.7 Å². The van der Waals surface area contributed by atoms with Crippen molar-refractivity contribution in [2.75, 3.05) is 26.7 Å². The number of benzene rings is 3. The van der Waals surface area contributed by atoms with Crippen molar-refractivity contribution < 1.29 is 14.4 Å². The minimum atomic E-state index is -0.542. The molecule has 0 spiro atoms. The van der Waals surface area contributed by atoms with Gasteiger partial charge in [0.1, 0.15) is 0 Å². The Morgan fingerprint density at radius 1 is 0.977 bits per heavy atom. The molecule has 4 rings (SSSR count). The van der Waals surface area contributed by atoms with Crippen LogP contribution in [0.2, 0.25) is 0 Å². The second kappa shape index (κ2) is 15.9. The quantitative estimate of drug-likeness (QED) is 0.0896. The molecule has 3 atom stereocenters. The molecule has 0 bridgehead atoms. The van der Waals surface area contributed by atoms with E-state index < -0.39 is 6.04 Å². The Labute approximate surface area is 259 Å². The van der Waals surface area contributed by atoms with Gasteiger partial charge in [-0.25, -0.2) is 0 Å². The average Bonchev–Trinajstić information content (AvgIpc) is 2.99. The number of nitrogens with one attached hydrogen (secondary N) is 5. The van der Waals surface area contributed by atoms with Crippen LogP contribution >= 0.6 is 0 Å². The fourth-order valence-electron chi connectivity index (χ4n) is 5.40. The standard InChI is InChI=1S/C34H45N7O3/c1-23(21-38-31(42)28-18-17-24-10-6-7-13-27(24)20-28)39-29(16-9-19-37-34(35)36)33(44)41(2)22-30(25-11-4-3-5-12-25)40-32(43)26-14-8-15-26/h3-7,10-13,17-18,20,23,26,29-30,39H,8-9,14-16,19,21-22H2,1-2H3,(H,38,42)(H,40,43)(H4,35,36,37)/t23?,29-,30+/m0/s1. The molecule has 1 saturated carbocycles. The van der Waals surface area contributed by atoms with Crippen molar-refractivity contribution in [1.29, 1.82) is 5.41 Å². The van der Waals surface area contributed by atoms with Gasteiger partial charge in [0.2, 0.25) is 11.8 Å². The van der Waals surface area contributed by atoms with Crippen molar-refractivity contribution in [2.45, 2.75) is 57.2 Å². The molecule has 0 aliphatic heterocycles. The van der Waals surface area contributed by atoms with Gasteiger partial charge in [0.15, 0.2) is 5.96 Å². The monoisotopic (exact) mass is 599 g/mol. The smallest absolute Gasteiger partial charge is 0.251 e. The van der Waals surface area contributed by atoms with Crippen LogP contribution in [0.4, 0.5) is 0 Å². The molecule has 0 radical (unpaired) electrons. The number of rotatable bonds is 15. The van der Waals surface area contributed by atoms with E-state index in [1.807, 2.05) is 79.7 Å². The first kappa shape index (κ1) is 32.5. The van der Waals surface area contributed by atoms with Gasteiger partial charge in [-0.2, -0.15) is 0 Å². The summed E-state index contributed by atoms with van der Waals surface area (Å²) in [5, 5.41) is 21.9. The van der Waals surface area contributed by atoms with Gasteiger partial charge in [-0.15, -0.1) is 0 Å². The van der Waals surface area contributed by atoms with Gasteiger partial charge < -0.3 is 31.9 Å². The van der Waals surface area contributed by atoms with Crippen molar-refractivity contribution in [2.24, 2.45) is 11.7 Å². The van der Waals surface area contributed by atoms with E-state index >= 15 is 0 Å². The molecule has 3 amide bonds. The van der Waals surface area contributed by atoms with Gasteiger partial charge in [-0.3, -0.25) is 19.8 Å². The minimum Gasteiger partial charge on any atom is -0.370 e. The number of hydrogen-bond donors (Lipinski definition) is 6. The maximum absolute atomic E-state index is 13.8. The molecule has 44 heavy (non-hydrogen) atoms. The van der Waals surface area contributed by atoms with Crippen LogP contribution in [-0.2, 0) is 9.59 Å². The lowest BCUT2D eigenvalue weighted by Gasteiger charge is -2.32. The van der Waals surface area contributed by atoms with E-state index in [0.717, 1.165) is 35.6 Å². The Hall–Kier alpha value is -4.44. The van der Waals surface area contributed by atoms with Crippen LogP contribution in [0.15, 0.2) is 72.8 Å². The van der Waals surface area contributed by atoms with Crippen molar-refractivity contribution in [3.8, 4) is 0 Å². The summed E-state index contributed by atoms with van der Waals surface area (Å²) >= 11 is 0. The van der Waals surface area contributed by atoms with Gasteiger partial charge in [-0.05, 0) is 61.1 Å². The van der Waals surface area contributed by atoms with Crippen LogP contribution in [-0.4, -0.2) is 67.3 Å². The minimum absolute atomic E-state index is 0.0340. The Morgan fingerprint density at radius 2 is 1.68 bits per heavy atom. The summed E-state index contributed by atoms with van der Waals surface area (Å²) in [5.41, 5.74) is 6.96. The first-order chi connectivity index (χ1) is 21.2. The Balaban J connectivity index is 1.39. The number of amides is 3. The predicted molar refractivity (Wildman–Crippen MR) is 174 cm³/mol. The normalized spacial score (nSPS) is 15.0. The first-order valence-corrected chi connectivity index (χ1v) is 15.4. The maximum Gasteiger partial charge on any atom is 0.251 e. The molecule has 10 nitrogen and oxygen atoms in total.